The highest BCUT2D eigenvalue weighted by atomic mass is 16.5. The van der Waals surface area contributed by atoms with Crippen LogP contribution in [0.15, 0.2) is 42.0 Å². The van der Waals surface area contributed by atoms with E-state index in [0.717, 1.165) is 18.4 Å². The number of allylic oxidation sites excluding steroid dienone is 4. The Bertz CT molecular complexity index is 1260. The molecule has 9 atom stereocenters. The molecule has 8 nitrogen and oxygen atoms in total. The van der Waals surface area contributed by atoms with Crippen LogP contribution in [0.5, 0.6) is 11.5 Å². The molecule has 0 amide bonds. The summed E-state index contributed by atoms with van der Waals surface area (Å²) < 4.78 is 6.16. The highest BCUT2D eigenvalue weighted by Crippen LogP contribution is 2.67. The zero-order valence-corrected chi connectivity index (χ0v) is 22.1. The molecular formula is C30H37NO7. The minimum atomic E-state index is -1.65. The van der Waals surface area contributed by atoms with E-state index in [1.54, 1.807) is 30.2 Å². The van der Waals surface area contributed by atoms with Gasteiger partial charge in [-0.1, -0.05) is 31.6 Å². The van der Waals surface area contributed by atoms with E-state index >= 15 is 0 Å². The first-order chi connectivity index (χ1) is 17.9. The van der Waals surface area contributed by atoms with Crippen LogP contribution in [-0.2, 0) is 14.3 Å². The first-order valence-electron chi connectivity index (χ1n) is 13.7. The van der Waals surface area contributed by atoms with Crippen molar-refractivity contribution in [2.75, 3.05) is 13.6 Å². The smallest absolute Gasteiger partial charge is 0.208 e. The van der Waals surface area contributed by atoms with E-state index in [1.165, 1.54) is 12.1 Å². The zero-order chi connectivity index (χ0) is 27.2. The number of ether oxygens (including phenoxy) is 1. The number of carbonyl (C=O) groups is 2. The second-order valence-electron chi connectivity index (χ2n) is 12.6. The molecule has 4 N–H and O–H groups in total. The Morgan fingerprint density at radius 2 is 1.92 bits per heavy atom. The molecule has 0 spiro atoms. The number of likely N-dealkylation sites (N-methyl/N-ethyl adjacent to an activating group) is 1. The van der Waals surface area contributed by atoms with Crippen molar-refractivity contribution in [1.82, 2.24) is 4.90 Å². The summed E-state index contributed by atoms with van der Waals surface area (Å²) in [7, 11) is 1.78. The molecule has 3 saturated carbocycles. The lowest BCUT2D eigenvalue weighted by Gasteiger charge is -2.59. The van der Waals surface area contributed by atoms with Gasteiger partial charge in [0.1, 0.15) is 5.60 Å². The topological polar surface area (TPSA) is 128 Å². The van der Waals surface area contributed by atoms with Crippen LogP contribution in [-0.4, -0.2) is 68.4 Å². The lowest BCUT2D eigenvalue weighted by atomic mass is 9.46. The number of fused-ring (bicyclic) bond motifs is 5. The number of ketones is 2. The molecule has 1 saturated heterocycles. The summed E-state index contributed by atoms with van der Waals surface area (Å²) in [5.41, 5.74) is -1.15. The van der Waals surface area contributed by atoms with E-state index in [-0.39, 0.29) is 40.8 Å². The van der Waals surface area contributed by atoms with Gasteiger partial charge in [0.25, 0.3) is 0 Å². The molecule has 8 heteroatoms. The quantitative estimate of drug-likeness (QED) is 0.446. The Kier molecular flexibility index (Phi) is 5.75. The lowest BCUT2D eigenvalue weighted by Crippen LogP contribution is -2.63. The number of carbonyl (C=O) groups excluding carboxylic acids is 2. The summed E-state index contributed by atoms with van der Waals surface area (Å²) in [5.74, 6) is -0.753. The highest BCUT2D eigenvalue weighted by Gasteiger charge is 2.69. The summed E-state index contributed by atoms with van der Waals surface area (Å²) in [4.78, 5) is 27.9. The van der Waals surface area contributed by atoms with Crippen molar-refractivity contribution in [2.24, 2.45) is 28.6 Å². The summed E-state index contributed by atoms with van der Waals surface area (Å²) >= 11 is 0. The summed E-state index contributed by atoms with van der Waals surface area (Å²) in [5, 5.41) is 43.3. The van der Waals surface area contributed by atoms with Gasteiger partial charge in [0.2, 0.25) is 5.78 Å². The molecule has 0 bridgehead atoms. The van der Waals surface area contributed by atoms with Crippen molar-refractivity contribution in [2.45, 2.75) is 70.0 Å². The second kappa shape index (κ2) is 8.49. The third-order valence-corrected chi connectivity index (χ3v) is 10.8. The number of benzene rings is 1. The lowest BCUT2D eigenvalue weighted by molar-refractivity contribution is -0.188. The van der Waals surface area contributed by atoms with Crippen LogP contribution >= 0.6 is 0 Å². The maximum atomic E-state index is 14.1. The van der Waals surface area contributed by atoms with Gasteiger partial charge in [-0.05, 0) is 80.8 Å². The molecule has 5 aliphatic rings. The molecule has 1 heterocycles. The third-order valence-electron chi connectivity index (χ3n) is 10.8. The zero-order valence-electron chi connectivity index (χ0n) is 22.1. The van der Waals surface area contributed by atoms with E-state index in [0.29, 0.717) is 31.4 Å². The van der Waals surface area contributed by atoms with Gasteiger partial charge in [-0.2, -0.15) is 0 Å². The fourth-order valence-corrected chi connectivity index (χ4v) is 8.79. The van der Waals surface area contributed by atoms with Crippen LogP contribution in [0.25, 0.3) is 0 Å². The van der Waals surface area contributed by atoms with Crippen molar-refractivity contribution >= 4 is 11.6 Å². The van der Waals surface area contributed by atoms with Gasteiger partial charge < -0.3 is 25.2 Å². The predicted octanol–water partition coefficient (Wildman–Crippen LogP) is 3.01. The first kappa shape index (κ1) is 25.7. The van der Waals surface area contributed by atoms with Gasteiger partial charge >= 0.3 is 0 Å². The standard InChI is InChI=1S/C30H37NO7/c1-28-10-8-18(32)13-17(28)5-6-19-20-9-11-30(37,29(20,2)14-23(35)25(19)28)26(36)27-31(3)15-24(38-27)16-4-7-21(33)22(34)12-16/h4,7-8,10,12-13,19-20,23-25,27,33-35,37H,5-6,9,11,14-15H2,1-3H3. The van der Waals surface area contributed by atoms with E-state index in [1.807, 2.05) is 13.0 Å². The molecule has 38 heavy (non-hydrogen) atoms. The van der Waals surface area contributed by atoms with E-state index in [2.05, 4.69) is 6.92 Å². The molecule has 4 aliphatic carbocycles. The number of hydrogen-bond acceptors (Lipinski definition) is 8. The molecule has 9 unspecified atom stereocenters. The van der Waals surface area contributed by atoms with Crippen molar-refractivity contribution in [3.05, 3.63) is 47.6 Å². The summed E-state index contributed by atoms with van der Waals surface area (Å²) in [6.45, 7) is 4.46. The Morgan fingerprint density at radius 1 is 1.16 bits per heavy atom. The Morgan fingerprint density at radius 3 is 2.66 bits per heavy atom. The molecule has 1 aromatic rings. The number of rotatable bonds is 3. The largest absolute Gasteiger partial charge is 0.504 e. The van der Waals surface area contributed by atoms with Crippen LogP contribution in [0.1, 0.15) is 57.6 Å². The van der Waals surface area contributed by atoms with E-state index in [4.69, 9.17) is 4.74 Å². The predicted molar refractivity (Wildman–Crippen MR) is 138 cm³/mol. The Hall–Kier alpha value is -2.52. The van der Waals surface area contributed by atoms with Gasteiger partial charge in [-0.15, -0.1) is 0 Å². The maximum Gasteiger partial charge on any atom is 0.208 e. The number of aliphatic hydroxyl groups is 2. The SMILES string of the molecule is CN1CC(c2ccc(O)c(O)c2)OC1C(=O)C1(O)CCC2C3CCC4=CC(=O)C=CC4(C)C3C(O)CC21C. The number of nitrogens with zero attached hydrogens (tertiary/aromatic N) is 1. The number of aliphatic hydroxyl groups excluding tert-OH is 1. The number of phenolic OH excluding ortho intramolecular Hbond substituents is 2. The van der Waals surface area contributed by atoms with Crippen LogP contribution in [0.3, 0.4) is 0 Å². The molecule has 6 rings (SSSR count). The van der Waals surface area contributed by atoms with Gasteiger partial charge in [0.05, 0.1) is 12.2 Å². The van der Waals surface area contributed by atoms with Crippen LogP contribution in [0.2, 0.25) is 0 Å². The van der Waals surface area contributed by atoms with Crippen molar-refractivity contribution in [3.8, 4) is 11.5 Å². The monoisotopic (exact) mass is 523 g/mol. The van der Waals surface area contributed by atoms with Crippen molar-refractivity contribution in [1.29, 1.82) is 0 Å². The van der Waals surface area contributed by atoms with Crippen LogP contribution < -0.4 is 0 Å². The summed E-state index contributed by atoms with van der Waals surface area (Å²) in [6, 6.07) is 4.47. The number of hydrogen-bond donors (Lipinski definition) is 4. The average molecular weight is 524 g/mol. The van der Waals surface area contributed by atoms with E-state index < -0.39 is 34.9 Å². The normalized spacial score (nSPS) is 44.3. The second-order valence-corrected chi connectivity index (χ2v) is 12.6. The average Bonchev–Trinajstić information content (AvgIpc) is 3.38. The summed E-state index contributed by atoms with van der Waals surface area (Å²) in [6.07, 6.45) is 6.01. The molecule has 1 aliphatic heterocycles. The fraction of sp³-hybridized carbons (Fsp3) is 0.600. The highest BCUT2D eigenvalue weighted by molar-refractivity contribution is 6.01. The Balaban J connectivity index is 1.27. The van der Waals surface area contributed by atoms with Gasteiger partial charge in [-0.25, -0.2) is 0 Å². The molecular weight excluding hydrogens is 486 g/mol. The Labute approximate surface area is 222 Å². The molecule has 1 aromatic carbocycles. The van der Waals surface area contributed by atoms with Gasteiger partial charge in [0.15, 0.2) is 23.5 Å². The minimum absolute atomic E-state index is 0.00611. The van der Waals surface area contributed by atoms with Gasteiger partial charge in [-0.3, -0.25) is 14.5 Å². The van der Waals surface area contributed by atoms with Crippen LogP contribution in [0, 0.1) is 28.6 Å². The van der Waals surface area contributed by atoms with Crippen molar-refractivity contribution in [3.63, 3.8) is 0 Å². The third kappa shape index (κ3) is 3.43. The molecule has 204 valence electrons. The fourth-order valence-electron chi connectivity index (χ4n) is 8.79. The first-order valence-corrected chi connectivity index (χ1v) is 13.7. The number of aromatic hydroxyl groups is 2. The van der Waals surface area contributed by atoms with Crippen molar-refractivity contribution < 1.29 is 34.8 Å². The number of phenols is 2. The van der Waals surface area contributed by atoms with E-state index in [9.17, 15) is 30.0 Å². The molecule has 0 aromatic heterocycles. The minimum Gasteiger partial charge on any atom is -0.504 e. The maximum absolute atomic E-state index is 14.1. The molecule has 0 radical (unpaired) electrons. The van der Waals surface area contributed by atoms with Gasteiger partial charge in [0, 0.05) is 23.3 Å². The van der Waals surface area contributed by atoms with Crippen LogP contribution in [0.4, 0.5) is 0 Å². The molecule has 4 fully saturated rings. The number of Topliss-reactive ketones (excluding diaryl/α,β-unsaturated/α-hetero) is 1.